The molecule has 1 aromatic carbocycles. The number of halogens is 1. The molecule has 4 nitrogen and oxygen atoms in total. The fraction of sp³-hybridized carbons (Fsp3) is 0.154. The molecule has 0 spiro atoms. The number of nitrogens with one attached hydrogen (secondary N) is 1. The lowest BCUT2D eigenvalue weighted by molar-refractivity contribution is 0.577. The highest BCUT2D eigenvalue weighted by Crippen LogP contribution is 2.10. The average Bonchev–Trinajstić information content (AvgIpc) is 2.40. The molecule has 100 valence electrons. The summed E-state index contributed by atoms with van der Waals surface area (Å²) in [4.78, 5) is 4.01. The van der Waals surface area contributed by atoms with Crippen LogP contribution in [-0.2, 0) is 16.4 Å². The highest BCUT2D eigenvalue weighted by molar-refractivity contribution is 7.89. The molecule has 0 aliphatic rings. The Morgan fingerprint density at radius 3 is 2.68 bits per heavy atom. The number of aromatic nitrogens is 1. The number of pyridine rings is 1. The summed E-state index contributed by atoms with van der Waals surface area (Å²) in [5.41, 5.74) is 0.796. The van der Waals surface area contributed by atoms with E-state index in [-0.39, 0.29) is 11.4 Å². The van der Waals surface area contributed by atoms with E-state index in [0.717, 1.165) is 11.8 Å². The maximum absolute atomic E-state index is 13.0. The number of sulfonamides is 1. The van der Waals surface area contributed by atoms with Gasteiger partial charge < -0.3 is 0 Å². The number of hydrogen-bond donors (Lipinski definition) is 1. The fourth-order valence-electron chi connectivity index (χ4n) is 1.58. The van der Waals surface area contributed by atoms with Gasteiger partial charge in [0.15, 0.2) is 0 Å². The first-order valence-corrected chi connectivity index (χ1v) is 7.21. The second kappa shape index (κ2) is 5.90. The Kier molecular flexibility index (Phi) is 4.24. The summed E-state index contributed by atoms with van der Waals surface area (Å²) in [5.74, 6) is -0.576. The highest BCUT2D eigenvalue weighted by Gasteiger charge is 2.13. The topological polar surface area (TPSA) is 59.1 Å². The Morgan fingerprint density at radius 2 is 2.00 bits per heavy atom. The lowest BCUT2D eigenvalue weighted by Crippen LogP contribution is -2.26. The summed E-state index contributed by atoms with van der Waals surface area (Å²) >= 11 is 0. The van der Waals surface area contributed by atoms with Gasteiger partial charge in [-0.25, -0.2) is 17.5 Å². The molecular weight excluding hydrogens is 267 g/mol. The molecule has 0 unspecified atom stereocenters. The van der Waals surface area contributed by atoms with E-state index >= 15 is 0 Å². The zero-order valence-electron chi connectivity index (χ0n) is 10.1. The van der Waals surface area contributed by atoms with E-state index in [0.29, 0.717) is 6.42 Å². The van der Waals surface area contributed by atoms with Crippen molar-refractivity contribution in [2.24, 2.45) is 0 Å². The van der Waals surface area contributed by atoms with Gasteiger partial charge in [-0.2, -0.15) is 0 Å². The normalized spacial score (nSPS) is 11.4. The van der Waals surface area contributed by atoms with Crippen molar-refractivity contribution >= 4 is 10.0 Å². The van der Waals surface area contributed by atoms with E-state index in [2.05, 4.69) is 9.71 Å². The third-order valence-corrected chi connectivity index (χ3v) is 3.96. The molecule has 1 aromatic heterocycles. The molecule has 0 saturated carbocycles. The van der Waals surface area contributed by atoms with E-state index in [4.69, 9.17) is 0 Å². The van der Waals surface area contributed by atoms with Crippen molar-refractivity contribution in [3.05, 3.63) is 60.2 Å². The minimum absolute atomic E-state index is 0.0754. The second-order valence-electron chi connectivity index (χ2n) is 3.93. The quantitative estimate of drug-likeness (QED) is 0.907. The Morgan fingerprint density at radius 1 is 1.16 bits per heavy atom. The van der Waals surface area contributed by atoms with E-state index in [1.807, 2.05) is 12.1 Å². The molecular formula is C13H13FN2O2S. The SMILES string of the molecule is O=S(=O)(NCCc1ccccn1)c1cccc(F)c1. The van der Waals surface area contributed by atoms with Crippen molar-refractivity contribution in [3.63, 3.8) is 0 Å². The molecule has 0 radical (unpaired) electrons. The van der Waals surface area contributed by atoms with Crippen molar-refractivity contribution in [1.82, 2.24) is 9.71 Å². The van der Waals surface area contributed by atoms with Gasteiger partial charge in [0, 0.05) is 24.9 Å². The van der Waals surface area contributed by atoms with Gasteiger partial charge in [0.25, 0.3) is 0 Å². The van der Waals surface area contributed by atoms with Crippen LogP contribution in [0, 0.1) is 5.82 Å². The Bertz CT molecular complexity index is 645. The number of hydrogen-bond acceptors (Lipinski definition) is 3. The molecule has 6 heteroatoms. The Balaban J connectivity index is 1.99. The first-order chi connectivity index (χ1) is 9.08. The summed E-state index contributed by atoms with van der Waals surface area (Å²) in [7, 11) is -3.67. The fourth-order valence-corrected chi connectivity index (χ4v) is 2.64. The lowest BCUT2D eigenvalue weighted by Gasteiger charge is -2.06. The van der Waals surface area contributed by atoms with Crippen LogP contribution in [0.5, 0.6) is 0 Å². The van der Waals surface area contributed by atoms with Gasteiger partial charge in [0.1, 0.15) is 5.82 Å². The summed E-state index contributed by atoms with van der Waals surface area (Å²) in [6, 6.07) is 10.4. The van der Waals surface area contributed by atoms with Gasteiger partial charge in [0.05, 0.1) is 4.90 Å². The number of rotatable bonds is 5. The van der Waals surface area contributed by atoms with Gasteiger partial charge in [-0.3, -0.25) is 4.98 Å². The first kappa shape index (κ1) is 13.6. The van der Waals surface area contributed by atoms with E-state index in [9.17, 15) is 12.8 Å². The standard InChI is InChI=1S/C13H13FN2O2S/c14-11-4-3-6-13(10-11)19(17,18)16-9-7-12-5-1-2-8-15-12/h1-6,8,10,16H,7,9H2. The molecule has 2 aromatic rings. The predicted molar refractivity (Wildman–Crippen MR) is 69.5 cm³/mol. The molecule has 0 bridgehead atoms. The van der Waals surface area contributed by atoms with Crippen LogP contribution in [0.3, 0.4) is 0 Å². The second-order valence-corrected chi connectivity index (χ2v) is 5.69. The summed E-state index contributed by atoms with van der Waals surface area (Å²) in [5, 5.41) is 0. The van der Waals surface area contributed by atoms with Gasteiger partial charge in [-0.15, -0.1) is 0 Å². The molecule has 0 aliphatic carbocycles. The lowest BCUT2D eigenvalue weighted by atomic mass is 10.3. The molecule has 1 N–H and O–H groups in total. The molecule has 0 aliphatic heterocycles. The predicted octanol–water partition coefficient (Wildman–Crippen LogP) is 1.74. The maximum atomic E-state index is 13.0. The molecule has 0 amide bonds. The minimum atomic E-state index is -3.67. The molecule has 0 fully saturated rings. The van der Waals surface area contributed by atoms with Gasteiger partial charge >= 0.3 is 0 Å². The highest BCUT2D eigenvalue weighted by atomic mass is 32.2. The number of benzene rings is 1. The van der Waals surface area contributed by atoms with Crippen LogP contribution in [-0.4, -0.2) is 19.9 Å². The van der Waals surface area contributed by atoms with Crippen molar-refractivity contribution in [1.29, 1.82) is 0 Å². The van der Waals surface area contributed by atoms with Crippen LogP contribution in [0.2, 0.25) is 0 Å². The van der Waals surface area contributed by atoms with Crippen molar-refractivity contribution < 1.29 is 12.8 Å². The summed E-state index contributed by atoms with van der Waals surface area (Å²) in [6.45, 7) is 0.218. The van der Waals surface area contributed by atoms with E-state index in [1.54, 1.807) is 12.3 Å². The molecule has 1 heterocycles. The monoisotopic (exact) mass is 280 g/mol. The third-order valence-electron chi connectivity index (χ3n) is 2.51. The Labute approximate surface area is 111 Å². The van der Waals surface area contributed by atoms with Gasteiger partial charge in [-0.05, 0) is 30.3 Å². The van der Waals surface area contributed by atoms with Gasteiger partial charge in [0.2, 0.25) is 10.0 Å². The van der Waals surface area contributed by atoms with Crippen molar-refractivity contribution in [2.45, 2.75) is 11.3 Å². The van der Waals surface area contributed by atoms with Crippen LogP contribution < -0.4 is 4.72 Å². The van der Waals surface area contributed by atoms with Crippen molar-refractivity contribution in [2.75, 3.05) is 6.54 Å². The molecule has 0 atom stereocenters. The summed E-state index contributed by atoms with van der Waals surface area (Å²) in [6.07, 6.45) is 2.13. The first-order valence-electron chi connectivity index (χ1n) is 5.73. The maximum Gasteiger partial charge on any atom is 0.240 e. The van der Waals surface area contributed by atoms with E-state index in [1.165, 1.54) is 18.2 Å². The van der Waals surface area contributed by atoms with Crippen molar-refractivity contribution in [3.8, 4) is 0 Å². The van der Waals surface area contributed by atoms with Crippen LogP contribution in [0.4, 0.5) is 4.39 Å². The molecule has 2 rings (SSSR count). The third kappa shape index (κ3) is 3.84. The Hall–Kier alpha value is -1.79. The van der Waals surface area contributed by atoms with E-state index < -0.39 is 15.8 Å². The van der Waals surface area contributed by atoms with Crippen LogP contribution >= 0.6 is 0 Å². The average molecular weight is 280 g/mol. The minimum Gasteiger partial charge on any atom is -0.261 e. The van der Waals surface area contributed by atoms with Crippen LogP contribution in [0.15, 0.2) is 53.6 Å². The zero-order valence-corrected chi connectivity index (χ0v) is 10.9. The smallest absolute Gasteiger partial charge is 0.240 e. The molecule has 0 saturated heterocycles. The van der Waals surface area contributed by atoms with Crippen LogP contribution in [0.25, 0.3) is 0 Å². The zero-order chi connectivity index (χ0) is 13.7. The largest absolute Gasteiger partial charge is 0.261 e. The number of nitrogens with zero attached hydrogens (tertiary/aromatic N) is 1. The van der Waals surface area contributed by atoms with Gasteiger partial charge in [-0.1, -0.05) is 12.1 Å². The molecule has 19 heavy (non-hydrogen) atoms. The van der Waals surface area contributed by atoms with Crippen LogP contribution in [0.1, 0.15) is 5.69 Å². The summed E-state index contributed by atoms with van der Waals surface area (Å²) < 4.78 is 39.2.